The highest BCUT2D eigenvalue weighted by Crippen LogP contribution is 2.01. The fourth-order valence-corrected chi connectivity index (χ4v) is 1.55. The van der Waals surface area contributed by atoms with E-state index in [1.807, 2.05) is 0 Å². The highest BCUT2D eigenvalue weighted by Gasteiger charge is 2.18. The maximum Gasteiger partial charge on any atom is 0.362 e. The minimum atomic E-state index is -1.49. The van der Waals surface area contributed by atoms with Crippen LogP contribution in [0.25, 0.3) is 0 Å². The molecule has 0 aliphatic carbocycles. The zero-order valence-corrected chi connectivity index (χ0v) is 10.2. The molecule has 0 saturated heterocycles. The number of carboxylic acid groups (broad SMARTS) is 1. The summed E-state index contributed by atoms with van der Waals surface area (Å²) in [6.07, 6.45) is 0. The standard InChI is InChI=1S/C10H10N4O5/c1-5-3-6(12-19-5)4-14-8(15)7(9(16)17)11-13(2)10(14)18/h3H,4H2,1-2H3,(H,16,17). The molecule has 2 rings (SSSR count). The summed E-state index contributed by atoms with van der Waals surface area (Å²) in [5.41, 5.74) is -2.08. The van der Waals surface area contributed by atoms with Crippen LogP contribution in [0, 0.1) is 6.92 Å². The Morgan fingerprint density at radius 1 is 1.47 bits per heavy atom. The minimum Gasteiger partial charge on any atom is -0.476 e. The maximum absolute atomic E-state index is 11.8. The molecule has 9 heteroatoms. The molecule has 0 bridgehead atoms. The van der Waals surface area contributed by atoms with Crippen LogP contribution in [0.2, 0.25) is 0 Å². The van der Waals surface area contributed by atoms with Crippen LogP contribution < -0.4 is 11.2 Å². The molecule has 2 aromatic heterocycles. The Morgan fingerprint density at radius 2 is 2.16 bits per heavy atom. The fourth-order valence-electron chi connectivity index (χ4n) is 1.55. The van der Waals surface area contributed by atoms with Gasteiger partial charge in [-0.3, -0.25) is 9.36 Å². The number of aromatic carboxylic acids is 1. The molecule has 0 fully saturated rings. The third kappa shape index (κ3) is 2.30. The zero-order chi connectivity index (χ0) is 14.2. The van der Waals surface area contributed by atoms with Crippen molar-refractivity contribution in [2.45, 2.75) is 13.5 Å². The lowest BCUT2D eigenvalue weighted by Gasteiger charge is -2.05. The van der Waals surface area contributed by atoms with Crippen molar-refractivity contribution in [1.29, 1.82) is 0 Å². The Kier molecular flexibility index (Phi) is 3.03. The van der Waals surface area contributed by atoms with Gasteiger partial charge in [-0.25, -0.2) is 14.3 Å². The highest BCUT2D eigenvalue weighted by atomic mass is 16.5. The first kappa shape index (κ1) is 12.7. The van der Waals surface area contributed by atoms with Crippen molar-refractivity contribution in [3.8, 4) is 0 Å². The van der Waals surface area contributed by atoms with Crippen molar-refractivity contribution in [2.24, 2.45) is 7.05 Å². The van der Waals surface area contributed by atoms with Gasteiger partial charge in [0.2, 0.25) is 5.69 Å². The maximum atomic E-state index is 11.8. The second-order valence-electron chi connectivity index (χ2n) is 3.88. The first-order valence-corrected chi connectivity index (χ1v) is 5.24. The molecule has 0 radical (unpaired) electrons. The monoisotopic (exact) mass is 266 g/mol. The second-order valence-corrected chi connectivity index (χ2v) is 3.88. The van der Waals surface area contributed by atoms with E-state index < -0.39 is 22.9 Å². The molecule has 2 aromatic rings. The van der Waals surface area contributed by atoms with E-state index in [1.165, 1.54) is 7.05 Å². The summed E-state index contributed by atoms with van der Waals surface area (Å²) in [7, 11) is 1.26. The Hall–Kier alpha value is -2.71. The molecule has 0 atom stereocenters. The average Bonchev–Trinajstić information content (AvgIpc) is 2.74. The van der Waals surface area contributed by atoms with Gasteiger partial charge in [0, 0.05) is 13.1 Å². The molecule has 100 valence electrons. The quantitative estimate of drug-likeness (QED) is 0.755. The Balaban J connectivity index is 2.59. The number of aryl methyl sites for hydroxylation is 2. The molecular formula is C10H10N4O5. The average molecular weight is 266 g/mol. The van der Waals surface area contributed by atoms with E-state index in [1.54, 1.807) is 13.0 Å². The number of nitrogens with zero attached hydrogens (tertiary/aromatic N) is 4. The van der Waals surface area contributed by atoms with Crippen molar-refractivity contribution >= 4 is 5.97 Å². The van der Waals surface area contributed by atoms with E-state index in [9.17, 15) is 14.4 Å². The zero-order valence-electron chi connectivity index (χ0n) is 10.2. The van der Waals surface area contributed by atoms with Crippen molar-refractivity contribution in [3.05, 3.63) is 44.1 Å². The summed E-state index contributed by atoms with van der Waals surface area (Å²) in [4.78, 5) is 34.5. The van der Waals surface area contributed by atoms with E-state index >= 15 is 0 Å². The van der Waals surface area contributed by atoms with Crippen LogP contribution in [-0.2, 0) is 13.6 Å². The third-order valence-electron chi connectivity index (χ3n) is 2.40. The molecular weight excluding hydrogens is 256 g/mol. The van der Waals surface area contributed by atoms with E-state index in [4.69, 9.17) is 9.63 Å². The summed E-state index contributed by atoms with van der Waals surface area (Å²) in [5.74, 6) is -0.974. The molecule has 0 amide bonds. The summed E-state index contributed by atoms with van der Waals surface area (Å²) in [5, 5.41) is 15.9. The Bertz CT molecular complexity index is 754. The van der Waals surface area contributed by atoms with Crippen molar-refractivity contribution in [1.82, 2.24) is 19.5 Å². The number of carbonyl (C=O) groups is 1. The van der Waals surface area contributed by atoms with Gasteiger partial charge < -0.3 is 9.63 Å². The van der Waals surface area contributed by atoms with Gasteiger partial charge in [-0.15, -0.1) is 0 Å². The number of hydrogen-bond donors (Lipinski definition) is 1. The fraction of sp³-hybridized carbons (Fsp3) is 0.300. The van der Waals surface area contributed by atoms with Crippen molar-refractivity contribution < 1.29 is 14.4 Å². The smallest absolute Gasteiger partial charge is 0.362 e. The first-order chi connectivity index (χ1) is 8.90. The molecule has 0 saturated carbocycles. The van der Waals surface area contributed by atoms with Gasteiger partial charge in [-0.2, -0.15) is 5.10 Å². The molecule has 2 heterocycles. The third-order valence-corrected chi connectivity index (χ3v) is 2.40. The Morgan fingerprint density at radius 3 is 2.68 bits per heavy atom. The second kappa shape index (κ2) is 4.52. The first-order valence-electron chi connectivity index (χ1n) is 5.24. The lowest BCUT2D eigenvalue weighted by Crippen LogP contribution is -2.43. The van der Waals surface area contributed by atoms with Gasteiger partial charge in [0.25, 0.3) is 5.56 Å². The van der Waals surface area contributed by atoms with Gasteiger partial charge in [0.15, 0.2) is 0 Å². The molecule has 0 aliphatic rings. The SMILES string of the molecule is Cc1cc(Cn2c(=O)c(C(=O)O)nn(C)c2=O)no1. The van der Waals surface area contributed by atoms with Gasteiger partial charge in [-0.05, 0) is 6.92 Å². The van der Waals surface area contributed by atoms with E-state index in [0.717, 1.165) is 9.25 Å². The highest BCUT2D eigenvalue weighted by molar-refractivity contribution is 5.84. The van der Waals surface area contributed by atoms with Gasteiger partial charge in [0.1, 0.15) is 11.5 Å². The van der Waals surface area contributed by atoms with Crippen molar-refractivity contribution in [2.75, 3.05) is 0 Å². The van der Waals surface area contributed by atoms with Crippen LogP contribution in [-0.4, -0.2) is 30.6 Å². The predicted molar refractivity (Wildman–Crippen MR) is 61.0 cm³/mol. The summed E-state index contributed by atoms with van der Waals surface area (Å²) in [6, 6.07) is 1.55. The molecule has 0 aliphatic heterocycles. The molecule has 0 spiro atoms. The van der Waals surface area contributed by atoms with Gasteiger partial charge >= 0.3 is 11.7 Å². The number of carboxylic acids is 1. The summed E-state index contributed by atoms with van der Waals surface area (Å²) >= 11 is 0. The topological polar surface area (TPSA) is 120 Å². The van der Waals surface area contributed by atoms with Gasteiger partial charge in [0.05, 0.1) is 6.54 Å². The summed E-state index contributed by atoms with van der Waals surface area (Å²) in [6.45, 7) is 1.48. The van der Waals surface area contributed by atoms with E-state index in [0.29, 0.717) is 11.5 Å². The van der Waals surface area contributed by atoms with E-state index in [2.05, 4.69) is 10.3 Å². The predicted octanol–water partition coefficient (Wildman–Crippen LogP) is -1.02. The van der Waals surface area contributed by atoms with Crippen LogP contribution >= 0.6 is 0 Å². The van der Waals surface area contributed by atoms with Crippen LogP contribution in [0.4, 0.5) is 0 Å². The van der Waals surface area contributed by atoms with Crippen LogP contribution in [0.15, 0.2) is 20.2 Å². The molecule has 0 unspecified atom stereocenters. The van der Waals surface area contributed by atoms with Gasteiger partial charge in [-0.1, -0.05) is 5.16 Å². The van der Waals surface area contributed by atoms with Crippen LogP contribution in [0.5, 0.6) is 0 Å². The van der Waals surface area contributed by atoms with Crippen molar-refractivity contribution in [3.63, 3.8) is 0 Å². The minimum absolute atomic E-state index is 0.175. The number of hydrogen-bond acceptors (Lipinski definition) is 6. The molecule has 9 nitrogen and oxygen atoms in total. The summed E-state index contributed by atoms with van der Waals surface area (Å²) < 4.78 is 6.35. The molecule has 19 heavy (non-hydrogen) atoms. The largest absolute Gasteiger partial charge is 0.476 e. The number of rotatable bonds is 3. The van der Waals surface area contributed by atoms with Crippen LogP contribution in [0.1, 0.15) is 21.9 Å². The Labute approximate surface area is 105 Å². The van der Waals surface area contributed by atoms with Crippen LogP contribution in [0.3, 0.4) is 0 Å². The molecule has 0 aromatic carbocycles. The lowest BCUT2D eigenvalue weighted by atomic mass is 10.3. The number of aromatic nitrogens is 4. The normalized spacial score (nSPS) is 10.6. The van der Waals surface area contributed by atoms with E-state index in [-0.39, 0.29) is 6.54 Å². The lowest BCUT2D eigenvalue weighted by molar-refractivity contribution is 0.0683. The molecule has 1 N–H and O–H groups in total.